The number of nitro groups is 1. The molecule has 4 saturated carbocycles. The van der Waals surface area contributed by atoms with E-state index in [0.717, 1.165) is 31.0 Å². The second kappa shape index (κ2) is 7.16. The van der Waals surface area contributed by atoms with E-state index < -0.39 is 10.8 Å². The molecule has 0 spiro atoms. The molecule has 2 amide bonds. The number of nitro benzene ring substituents is 1. The van der Waals surface area contributed by atoms with E-state index in [1.807, 2.05) is 0 Å². The second-order valence-electron chi connectivity index (χ2n) is 9.01. The average Bonchev–Trinajstić information content (AvgIpc) is 2.94. The van der Waals surface area contributed by atoms with Crippen LogP contribution in [0.2, 0.25) is 0 Å². The summed E-state index contributed by atoms with van der Waals surface area (Å²) in [6.07, 6.45) is 8.00. The molecule has 7 nitrogen and oxygen atoms in total. The molecule has 1 N–H and O–H groups in total. The van der Waals surface area contributed by atoms with Crippen LogP contribution < -0.4 is 5.43 Å². The number of benzene rings is 1. The quantitative estimate of drug-likeness (QED) is 0.327. The van der Waals surface area contributed by atoms with Gasteiger partial charge in [-0.1, -0.05) is 23.9 Å². The van der Waals surface area contributed by atoms with E-state index in [0.29, 0.717) is 28.2 Å². The standard InChI is InChI=1S/C21H21N3O4S2/c25-18-17(8-12-2-1-3-16(7-12)24(27)28)30-20(29)23(18)22-19(26)21-9-13-4-14(10-21)6-15(5-13)11-21/h1-3,7-8,13-15H,4-6,9-11H2,(H,22,26)/b17-8+. The van der Waals surface area contributed by atoms with Crippen LogP contribution in [-0.2, 0) is 9.59 Å². The number of carbonyl (C=O) groups is 2. The fourth-order valence-corrected chi connectivity index (χ4v) is 7.23. The first kappa shape index (κ1) is 19.7. The van der Waals surface area contributed by atoms with Crippen molar-refractivity contribution in [3.8, 4) is 0 Å². The highest BCUT2D eigenvalue weighted by Crippen LogP contribution is 2.60. The number of nitrogens with zero attached hydrogens (tertiary/aromatic N) is 2. The number of amides is 2. The summed E-state index contributed by atoms with van der Waals surface area (Å²) >= 11 is 6.44. The molecule has 0 radical (unpaired) electrons. The Hall–Kier alpha value is -2.26. The normalized spacial score (nSPS) is 33.4. The van der Waals surface area contributed by atoms with Gasteiger partial charge in [0.15, 0.2) is 4.32 Å². The van der Waals surface area contributed by atoms with Crippen molar-refractivity contribution in [1.82, 2.24) is 10.4 Å². The molecule has 4 aliphatic carbocycles. The molecule has 1 aromatic carbocycles. The van der Waals surface area contributed by atoms with E-state index in [4.69, 9.17) is 12.2 Å². The molecular weight excluding hydrogens is 422 g/mol. The van der Waals surface area contributed by atoms with Gasteiger partial charge in [-0.15, -0.1) is 0 Å². The van der Waals surface area contributed by atoms with E-state index in [-0.39, 0.29) is 21.3 Å². The van der Waals surface area contributed by atoms with Crippen LogP contribution in [0, 0.1) is 33.3 Å². The summed E-state index contributed by atoms with van der Waals surface area (Å²) in [5.41, 5.74) is 2.93. The summed E-state index contributed by atoms with van der Waals surface area (Å²) < 4.78 is 0.273. The summed E-state index contributed by atoms with van der Waals surface area (Å²) in [6.45, 7) is 0. The van der Waals surface area contributed by atoms with Gasteiger partial charge in [-0.25, -0.2) is 0 Å². The molecule has 1 aromatic rings. The van der Waals surface area contributed by atoms with Gasteiger partial charge in [0.2, 0.25) is 5.91 Å². The highest BCUT2D eigenvalue weighted by atomic mass is 32.2. The van der Waals surface area contributed by atoms with Gasteiger partial charge >= 0.3 is 0 Å². The Kier molecular flexibility index (Phi) is 4.70. The van der Waals surface area contributed by atoms with Crippen molar-refractivity contribution in [1.29, 1.82) is 0 Å². The van der Waals surface area contributed by atoms with Gasteiger partial charge in [-0.3, -0.25) is 25.1 Å². The van der Waals surface area contributed by atoms with Crippen LogP contribution in [0.3, 0.4) is 0 Å². The van der Waals surface area contributed by atoms with Crippen LogP contribution in [-0.4, -0.2) is 26.1 Å². The lowest BCUT2D eigenvalue weighted by Crippen LogP contribution is -2.57. The lowest BCUT2D eigenvalue weighted by Gasteiger charge is -2.55. The van der Waals surface area contributed by atoms with Crippen LogP contribution in [0.25, 0.3) is 6.08 Å². The number of hydrazine groups is 1. The summed E-state index contributed by atoms with van der Waals surface area (Å²) in [5.74, 6) is 1.40. The van der Waals surface area contributed by atoms with Gasteiger partial charge in [0.05, 0.1) is 15.2 Å². The maximum atomic E-state index is 13.3. The Bertz CT molecular complexity index is 970. The SMILES string of the molecule is O=C1/C(=C\c2cccc([N+](=O)[O-])c2)SC(=S)N1NC(=O)C12CC3CC(CC(C3)C1)C2. The van der Waals surface area contributed by atoms with Crippen molar-refractivity contribution in [3.05, 3.63) is 44.8 Å². The molecule has 1 saturated heterocycles. The topological polar surface area (TPSA) is 92.5 Å². The lowest BCUT2D eigenvalue weighted by molar-refractivity contribution is -0.384. The Balaban J connectivity index is 1.33. The maximum absolute atomic E-state index is 13.3. The third-order valence-electron chi connectivity index (χ3n) is 6.91. The molecule has 1 aliphatic heterocycles. The molecule has 5 aliphatic rings. The minimum atomic E-state index is -0.478. The third-order valence-corrected chi connectivity index (χ3v) is 8.21. The summed E-state index contributed by atoms with van der Waals surface area (Å²) in [6, 6.07) is 6.06. The monoisotopic (exact) mass is 443 g/mol. The summed E-state index contributed by atoms with van der Waals surface area (Å²) in [7, 11) is 0. The minimum Gasteiger partial charge on any atom is -0.273 e. The van der Waals surface area contributed by atoms with Gasteiger partial charge in [-0.2, -0.15) is 5.01 Å². The number of hydrogen-bond acceptors (Lipinski definition) is 6. The van der Waals surface area contributed by atoms with Crippen LogP contribution in [0.4, 0.5) is 5.69 Å². The minimum absolute atomic E-state index is 0.0469. The molecule has 4 bridgehead atoms. The van der Waals surface area contributed by atoms with E-state index >= 15 is 0 Å². The number of rotatable bonds is 4. The molecule has 0 atom stereocenters. The Morgan fingerprint density at radius 1 is 1.23 bits per heavy atom. The summed E-state index contributed by atoms with van der Waals surface area (Å²) in [5, 5.41) is 12.1. The molecular formula is C21H21N3O4S2. The maximum Gasteiger partial charge on any atom is 0.285 e. The molecule has 156 valence electrons. The third kappa shape index (κ3) is 3.33. The van der Waals surface area contributed by atoms with Gasteiger partial charge < -0.3 is 0 Å². The highest BCUT2D eigenvalue weighted by molar-refractivity contribution is 8.26. The zero-order valence-electron chi connectivity index (χ0n) is 16.2. The molecule has 6 rings (SSSR count). The fraction of sp³-hybridized carbons (Fsp3) is 0.476. The summed E-state index contributed by atoms with van der Waals surface area (Å²) in [4.78, 5) is 37.0. The van der Waals surface area contributed by atoms with Gasteiger partial charge in [0.25, 0.3) is 11.6 Å². The first-order valence-corrected chi connectivity index (χ1v) is 11.4. The van der Waals surface area contributed by atoms with E-state index in [1.54, 1.807) is 18.2 Å². The highest BCUT2D eigenvalue weighted by Gasteiger charge is 2.55. The van der Waals surface area contributed by atoms with Gasteiger partial charge in [-0.05, 0) is 80.1 Å². The predicted molar refractivity (Wildman–Crippen MR) is 117 cm³/mol. The van der Waals surface area contributed by atoms with Crippen molar-refractivity contribution in [2.24, 2.45) is 23.2 Å². The van der Waals surface area contributed by atoms with E-state index in [2.05, 4.69) is 5.43 Å². The van der Waals surface area contributed by atoms with Crippen molar-refractivity contribution in [2.45, 2.75) is 38.5 Å². The van der Waals surface area contributed by atoms with Gasteiger partial charge in [0.1, 0.15) is 0 Å². The largest absolute Gasteiger partial charge is 0.285 e. The number of thiocarbonyl (C=S) groups is 1. The van der Waals surface area contributed by atoms with E-state index in [1.165, 1.54) is 36.4 Å². The van der Waals surface area contributed by atoms with Crippen LogP contribution in [0.15, 0.2) is 29.2 Å². The first-order chi connectivity index (χ1) is 14.3. The Morgan fingerprint density at radius 2 is 1.87 bits per heavy atom. The van der Waals surface area contributed by atoms with Crippen LogP contribution in [0.5, 0.6) is 0 Å². The van der Waals surface area contributed by atoms with Crippen LogP contribution in [0.1, 0.15) is 44.1 Å². The van der Waals surface area contributed by atoms with Crippen LogP contribution >= 0.6 is 24.0 Å². The molecule has 0 unspecified atom stereocenters. The smallest absolute Gasteiger partial charge is 0.273 e. The van der Waals surface area contributed by atoms with Crippen molar-refractivity contribution >= 4 is 51.9 Å². The Labute approximate surface area is 183 Å². The second-order valence-corrected chi connectivity index (χ2v) is 10.7. The predicted octanol–water partition coefficient (Wildman–Crippen LogP) is 4.04. The molecule has 30 heavy (non-hydrogen) atoms. The van der Waals surface area contributed by atoms with Crippen molar-refractivity contribution < 1.29 is 14.5 Å². The zero-order valence-corrected chi connectivity index (χ0v) is 17.8. The number of hydrogen-bond donors (Lipinski definition) is 1. The number of non-ortho nitro benzene ring substituents is 1. The zero-order chi connectivity index (χ0) is 21.0. The molecule has 1 heterocycles. The Morgan fingerprint density at radius 3 is 2.47 bits per heavy atom. The molecule has 9 heteroatoms. The van der Waals surface area contributed by atoms with Crippen molar-refractivity contribution in [3.63, 3.8) is 0 Å². The van der Waals surface area contributed by atoms with E-state index in [9.17, 15) is 19.7 Å². The van der Waals surface area contributed by atoms with Gasteiger partial charge in [0, 0.05) is 12.1 Å². The molecule has 5 fully saturated rings. The van der Waals surface area contributed by atoms with Crippen molar-refractivity contribution in [2.75, 3.05) is 0 Å². The lowest BCUT2D eigenvalue weighted by atomic mass is 9.49. The first-order valence-electron chi connectivity index (χ1n) is 10.2. The number of nitrogens with one attached hydrogen (secondary N) is 1. The fourth-order valence-electron chi connectivity index (χ4n) is 6.05. The average molecular weight is 444 g/mol. The molecule has 0 aromatic heterocycles. The number of thioether (sulfide) groups is 1. The number of carbonyl (C=O) groups excluding carboxylic acids is 2.